The maximum atomic E-state index is 11.5. The average Bonchev–Trinajstić information content (AvgIpc) is 2.75. The number of H-pyrrole nitrogens is 1. The van der Waals surface area contributed by atoms with Gasteiger partial charge in [-0.3, -0.25) is 15.3 Å². The second kappa shape index (κ2) is 6.51. The molecule has 17 heavy (non-hydrogen) atoms. The molecular weight excluding hydrogens is 224 g/mol. The summed E-state index contributed by atoms with van der Waals surface area (Å²) >= 11 is 0. The molecule has 0 aliphatic carbocycles. The molecular formula is C10H16N4O3. The zero-order valence-corrected chi connectivity index (χ0v) is 9.87. The fraction of sp³-hybridized carbons (Fsp3) is 0.500. The van der Waals surface area contributed by atoms with Crippen molar-refractivity contribution in [3.05, 3.63) is 17.5 Å². The molecule has 0 unspecified atom stereocenters. The van der Waals surface area contributed by atoms with E-state index in [4.69, 9.17) is 0 Å². The average molecular weight is 240 g/mol. The number of hydrogen-bond donors (Lipinski definition) is 3. The second-order valence-corrected chi connectivity index (χ2v) is 3.33. The first kappa shape index (κ1) is 13.0. The highest BCUT2D eigenvalue weighted by molar-refractivity contribution is 5.93. The summed E-state index contributed by atoms with van der Waals surface area (Å²) in [6, 6.07) is 1.64. The van der Waals surface area contributed by atoms with Gasteiger partial charge in [0.25, 0.3) is 5.91 Å². The van der Waals surface area contributed by atoms with Crippen LogP contribution in [0.5, 0.6) is 0 Å². The van der Waals surface area contributed by atoms with Gasteiger partial charge in [0.1, 0.15) is 0 Å². The van der Waals surface area contributed by atoms with Gasteiger partial charge in [-0.15, -0.1) is 0 Å². The molecule has 0 bridgehead atoms. The molecule has 0 aliphatic rings. The van der Waals surface area contributed by atoms with Crippen LogP contribution >= 0.6 is 0 Å². The Morgan fingerprint density at radius 2 is 2.18 bits per heavy atom. The molecule has 3 N–H and O–H groups in total. The summed E-state index contributed by atoms with van der Waals surface area (Å²) in [4.78, 5) is 22.4. The van der Waals surface area contributed by atoms with Gasteiger partial charge in [0.05, 0.1) is 6.61 Å². The van der Waals surface area contributed by atoms with Gasteiger partial charge in [-0.2, -0.15) is 5.10 Å². The lowest BCUT2D eigenvalue weighted by atomic mass is 10.2. The number of nitrogens with zero attached hydrogens (tertiary/aromatic N) is 1. The van der Waals surface area contributed by atoms with Crippen molar-refractivity contribution < 1.29 is 14.3 Å². The number of aryl methyl sites for hydroxylation is 1. The number of rotatable bonds is 4. The van der Waals surface area contributed by atoms with E-state index >= 15 is 0 Å². The fourth-order valence-electron chi connectivity index (χ4n) is 1.21. The van der Waals surface area contributed by atoms with Gasteiger partial charge < -0.3 is 4.74 Å². The maximum Gasteiger partial charge on any atom is 0.426 e. The number of carbonyl (C=O) groups is 2. The molecule has 1 aromatic rings. The zero-order chi connectivity index (χ0) is 12.7. The summed E-state index contributed by atoms with van der Waals surface area (Å²) in [6.45, 7) is 3.94. The van der Waals surface area contributed by atoms with Gasteiger partial charge in [0.15, 0.2) is 5.69 Å². The van der Waals surface area contributed by atoms with Crippen molar-refractivity contribution >= 4 is 12.0 Å². The molecule has 0 atom stereocenters. The minimum Gasteiger partial charge on any atom is -0.449 e. The predicted molar refractivity (Wildman–Crippen MR) is 60.2 cm³/mol. The van der Waals surface area contributed by atoms with Gasteiger partial charge in [0.2, 0.25) is 0 Å². The Bertz CT molecular complexity index is 389. The summed E-state index contributed by atoms with van der Waals surface area (Å²) < 4.78 is 4.58. The zero-order valence-electron chi connectivity index (χ0n) is 9.87. The highest BCUT2D eigenvalue weighted by Crippen LogP contribution is 2.01. The monoisotopic (exact) mass is 240 g/mol. The number of ether oxygens (including phenoxy) is 1. The molecule has 1 aromatic heterocycles. The van der Waals surface area contributed by atoms with Crippen LogP contribution in [0.1, 0.15) is 36.5 Å². The van der Waals surface area contributed by atoms with Gasteiger partial charge in [-0.05, 0) is 19.4 Å². The Balaban J connectivity index is 2.43. The van der Waals surface area contributed by atoms with E-state index in [1.165, 1.54) is 0 Å². The molecule has 0 aromatic carbocycles. The number of hydrazine groups is 1. The van der Waals surface area contributed by atoms with E-state index in [-0.39, 0.29) is 12.3 Å². The Morgan fingerprint density at radius 1 is 1.41 bits per heavy atom. The van der Waals surface area contributed by atoms with E-state index in [0.717, 1.165) is 18.5 Å². The van der Waals surface area contributed by atoms with Crippen molar-refractivity contribution in [2.75, 3.05) is 6.61 Å². The molecule has 1 rings (SSSR count). The van der Waals surface area contributed by atoms with E-state index in [1.807, 2.05) is 6.92 Å². The molecule has 1 heterocycles. The molecule has 0 spiro atoms. The Labute approximate surface area is 98.9 Å². The molecule has 0 saturated carbocycles. The van der Waals surface area contributed by atoms with E-state index in [0.29, 0.717) is 0 Å². The summed E-state index contributed by atoms with van der Waals surface area (Å²) in [5.41, 5.74) is 5.41. The van der Waals surface area contributed by atoms with E-state index in [1.54, 1.807) is 13.0 Å². The summed E-state index contributed by atoms with van der Waals surface area (Å²) in [7, 11) is 0. The largest absolute Gasteiger partial charge is 0.449 e. The SMILES string of the molecule is CCCc1cc(C(=O)NNC(=O)OCC)n[nH]1. The Kier molecular flexibility index (Phi) is 4.99. The molecule has 0 aliphatic heterocycles. The topological polar surface area (TPSA) is 96.1 Å². The van der Waals surface area contributed by atoms with Crippen molar-refractivity contribution in [1.82, 2.24) is 21.0 Å². The molecule has 94 valence electrons. The molecule has 2 amide bonds. The van der Waals surface area contributed by atoms with Crippen LogP contribution in [0.15, 0.2) is 6.07 Å². The number of carbonyl (C=O) groups excluding carboxylic acids is 2. The second-order valence-electron chi connectivity index (χ2n) is 3.33. The lowest BCUT2D eigenvalue weighted by Gasteiger charge is -2.04. The lowest BCUT2D eigenvalue weighted by Crippen LogP contribution is -2.42. The Hall–Kier alpha value is -2.05. The number of hydrogen-bond acceptors (Lipinski definition) is 4. The molecule has 7 heteroatoms. The van der Waals surface area contributed by atoms with Crippen LogP contribution in [0.4, 0.5) is 4.79 Å². The molecule has 0 fully saturated rings. The van der Waals surface area contributed by atoms with Gasteiger partial charge in [-0.1, -0.05) is 13.3 Å². The minimum absolute atomic E-state index is 0.227. The van der Waals surface area contributed by atoms with Crippen molar-refractivity contribution in [2.24, 2.45) is 0 Å². The third-order valence-electron chi connectivity index (χ3n) is 1.94. The first-order valence-corrected chi connectivity index (χ1v) is 5.44. The predicted octanol–water partition coefficient (Wildman–Crippen LogP) is 0.753. The van der Waals surface area contributed by atoms with Gasteiger partial charge in [-0.25, -0.2) is 10.2 Å². The first-order valence-electron chi connectivity index (χ1n) is 5.44. The number of aromatic nitrogens is 2. The quantitative estimate of drug-likeness (QED) is 0.677. The molecule has 0 saturated heterocycles. The van der Waals surface area contributed by atoms with Crippen LogP contribution in [-0.2, 0) is 11.2 Å². The smallest absolute Gasteiger partial charge is 0.426 e. The van der Waals surface area contributed by atoms with E-state index < -0.39 is 12.0 Å². The van der Waals surface area contributed by atoms with Crippen molar-refractivity contribution in [2.45, 2.75) is 26.7 Å². The lowest BCUT2D eigenvalue weighted by molar-refractivity contribution is 0.0908. The van der Waals surface area contributed by atoms with E-state index in [9.17, 15) is 9.59 Å². The summed E-state index contributed by atoms with van der Waals surface area (Å²) in [5.74, 6) is -0.489. The van der Waals surface area contributed by atoms with Gasteiger partial charge >= 0.3 is 6.09 Å². The fourth-order valence-corrected chi connectivity index (χ4v) is 1.21. The van der Waals surface area contributed by atoms with Crippen LogP contribution in [0, 0.1) is 0 Å². The van der Waals surface area contributed by atoms with Crippen LogP contribution in [0.2, 0.25) is 0 Å². The Morgan fingerprint density at radius 3 is 2.82 bits per heavy atom. The van der Waals surface area contributed by atoms with Crippen molar-refractivity contribution in [3.8, 4) is 0 Å². The summed E-state index contributed by atoms with van der Waals surface area (Å²) in [5, 5.41) is 6.58. The van der Waals surface area contributed by atoms with Gasteiger partial charge in [0, 0.05) is 5.69 Å². The minimum atomic E-state index is -0.704. The molecule has 0 radical (unpaired) electrons. The first-order chi connectivity index (χ1) is 8.17. The summed E-state index contributed by atoms with van der Waals surface area (Å²) in [6.07, 6.45) is 1.08. The van der Waals surface area contributed by atoms with Crippen LogP contribution in [0.25, 0.3) is 0 Å². The highest BCUT2D eigenvalue weighted by atomic mass is 16.5. The normalized spacial score (nSPS) is 9.76. The van der Waals surface area contributed by atoms with Crippen LogP contribution in [0.3, 0.4) is 0 Å². The number of amides is 2. The van der Waals surface area contributed by atoms with E-state index in [2.05, 4.69) is 25.8 Å². The van der Waals surface area contributed by atoms with Crippen LogP contribution < -0.4 is 10.9 Å². The number of aromatic amines is 1. The third kappa shape index (κ3) is 4.13. The van der Waals surface area contributed by atoms with Crippen molar-refractivity contribution in [3.63, 3.8) is 0 Å². The van der Waals surface area contributed by atoms with Crippen molar-refractivity contribution in [1.29, 1.82) is 0 Å². The maximum absolute atomic E-state index is 11.5. The number of nitrogens with one attached hydrogen (secondary N) is 3. The standard InChI is InChI=1S/C10H16N4O3/c1-3-5-7-6-8(12-11-7)9(15)13-14-10(16)17-4-2/h6H,3-5H2,1-2H3,(H,11,12)(H,13,15)(H,14,16). The third-order valence-corrected chi connectivity index (χ3v) is 1.94. The molecule has 7 nitrogen and oxygen atoms in total. The highest BCUT2D eigenvalue weighted by Gasteiger charge is 2.11. The van der Waals surface area contributed by atoms with Crippen LogP contribution in [-0.4, -0.2) is 28.8 Å².